The molecule has 9 nitrogen and oxygen atoms in total. The lowest BCUT2D eigenvalue weighted by molar-refractivity contribution is 0.0696. The summed E-state index contributed by atoms with van der Waals surface area (Å²) in [6.45, 7) is 2.06. The van der Waals surface area contributed by atoms with Gasteiger partial charge in [-0.25, -0.2) is 13.2 Å². The van der Waals surface area contributed by atoms with E-state index in [4.69, 9.17) is 16.3 Å². The van der Waals surface area contributed by atoms with E-state index in [9.17, 15) is 23.6 Å². The molecule has 2 heterocycles. The number of benzene rings is 2. The summed E-state index contributed by atoms with van der Waals surface area (Å²) in [5.74, 6) is -1.21. The molecule has 0 aliphatic carbocycles. The summed E-state index contributed by atoms with van der Waals surface area (Å²) in [5, 5.41) is 22.4. The number of halogens is 1. The first-order valence-corrected chi connectivity index (χ1v) is 12.4. The molecule has 2 aliphatic rings. The molecule has 11 heteroatoms. The number of carboxylic acids is 1. The molecule has 1 atom stereocenters. The van der Waals surface area contributed by atoms with Crippen LogP contribution in [0.5, 0.6) is 5.75 Å². The first-order chi connectivity index (χ1) is 15.8. The van der Waals surface area contributed by atoms with E-state index >= 15 is 0 Å². The van der Waals surface area contributed by atoms with Crippen LogP contribution in [0.3, 0.4) is 0 Å². The molecule has 1 saturated heterocycles. The Labute approximate surface area is 197 Å². The number of fused-ring (bicyclic) bond motifs is 4. The van der Waals surface area contributed by atoms with E-state index in [0.29, 0.717) is 25.3 Å². The van der Waals surface area contributed by atoms with Crippen LogP contribution in [0.4, 0.5) is 11.4 Å². The molecule has 2 aromatic carbocycles. The lowest BCUT2D eigenvalue weighted by Gasteiger charge is -2.39. The molecule has 33 heavy (non-hydrogen) atoms. The fraction of sp³-hybridized carbons (Fsp3) is 0.364. The van der Waals surface area contributed by atoms with E-state index < -0.39 is 16.0 Å². The SMILES string of the molecule is N#Cc1cc2c(cc1Cl)N1CCCCC1CNCCOc1ccc(C(=O)O)cc1S(=O)(=O)N2. The monoisotopic (exact) mass is 490 g/mol. The maximum atomic E-state index is 13.4. The smallest absolute Gasteiger partial charge is 0.335 e. The third kappa shape index (κ3) is 4.85. The number of sulfonamides is 1. The summed E-state index contributed by atoms with van der Waals surface area (Å²) in [6, 6.07) is 8.81. The second kappa shape index (κ2) is 9.47. The summed E-state index contributed by atoms with van der Waals surface area (Å²) in [4.78, 5) is 13.3. The Hall–Kier alpha value is -3.00. The molecular formula is C22H23ClN4O5S. The van der Waals surface area contributed by atoms with Crippen LogP contribution in [0.1, 0.15) is 35.2 Å². The normalized spacial score (nSPS) is 20.1. The van der Waals surface area contributed by atoms with Crippen molar-refractivity contribution >= 4 is 39.0 Å². The van der Waals surface area contributed by atoms with E-state index in [0.717, 1.165) is 25.3 Å². The van der Waals surface area contributed by atoms with Crippen LogP contribution in [-0.2, 0) is 10.0 Å². The molecule has 1 unspecified atom stereocenters. The minimum atomic E-state index is -4.26. The number of carboxylic acid groups (broad SMARTS) is 1. The fourth-order valence-corrected chi connectivity index (χ4v) is 5.61. The molecule has 174 valence electrons. The number of aromatic carboxylic acids is 1. The van der Waals surface area contributed by atoms with Crippen molar-refractivity contribution in [3.05, 3.63) is 46.5 Å². The van der Waals surface area contributed by atoms with Crippen LogP contribution in [0.2, 0.25) is 5.02 Å². The first-order valence-electron chi connectivity index (χ1n) is 10.5. The Balaban J connectivity index is 1.88. The highest BCUT2D eigenvalue weighted by atomic mass is 35.5. The van der Waals surface area contributed by atoms with Gasteiger partial charge in [0, 0.05) is 25.7 Å². The van der Waals surface area contributed by atoms with Crippen molar-refractivity contribution in [2.24, 2.45) is 0 Å². The second-order valence-electron chi connectivity index (χ2n) is 7.93. The highest BCUT2D eigenvalue weighted by molar-refractivity contribution is 7.92. The van der Waals surface area contributed by atoms with Crippen LogP contribution < -0.4 is 19.7 Å². The minimum absolute atomic E-state index is 0.0438. The van der Waals surface area contributed by atoms with Gasteiger partial charge in [-0.1, -0.05) is 11.6 Å². The maximum Gasteiger partial charge on any atom is 0.335 e. The van der Waals surface area contributed by atoms with Gasteiger partial charge in [-0.05, 0) is 49.6 Å². The van der Waals surface area contributed by atoms with Crippen molar-refractivity contribution < 1.29 is 23.1 Å². The topological polar surface area (TPSA) is 132 Å². The Kier molecular flexibility index (Phi) is 6.65. The van der Waals surface area contributed by atoms with Gasteiger partial charge in [-0.3, -0.25) is 4.72 Å². The number of hydrogen-bond donors (Lipinski definition) is 3. The van der Waals surface area contributed by atoms with Gasteiger partial charge in [0.05, 0.1) is 27.5 Å². The summed E-state index contributed by atoms with van der Waals surface area (Å²) in [7, 11) is -4.26. The lowest BCUT2D eigenvalue weighted by atomic mass is 10.00. The Morgan fingerprint density at radius 2 is 2.09 bits per heavy atom. The maximum absolute atomic E-state index is 13.4. The third-order valence-electron chi connectivity index (χ3n) is 5.78. The van der Waals surface area contributed by atoms with Gasteiger partial charge in [0.1, 0.15) is 23.3 Å². The number of piperidine rings is 1. The zero-order valence-corrected chi connectivity index (χ0v) is 19.2. The fourth-order valence-electron chi connectivity index (χ4n) is 4.17. The zero-order chi connectivity index (χ0) is 23.6. The molecule has 4 rings (SSSR count). The number of nitriles is 1. The van der Waals surface area contributed by atoms with Crippen molar-refractivity contribution in [1.82, 2.24) is 5.32 Å². The number of anilines is 2. The van der Waals surface area contributed by atoms with E-state index in [2.05, 4.69) is 14.9 Å². The lowest BCUT2D eigenvalue weighted by Crippen LogP contribution is -2.46. The van der Waals surface area contributed by atoms with Crippen molar-refractivity contribution in [3.63, 3.8) is 0 Å². The van der Waals surface area contributed by atoms with Gasteiger partial charge in [-0.2, -0.15) is 5.26 Å². The molecule has 2 aromatic rings. The largest absolute Gasteiger partial charge is 0.491 e. The van der Waals surface area contributed by atoms with Gasteiger partial charge in [0.25, 0.3) is 10.0 Å². The molecular weight excluding hydrogens is 468 g/mol. The molecule has 0 amide bonds. The summed E-state index contributed by atoms with van der Waals surface area (Å²) in [5.41, 5.74) is 0.721. The summed E-state index contributed by atoms with van der Waals surface area (Å²) in [6.07, 6.45) is 2.90. The summed E-state index contributed by atoms with van der Waals surface area (Å²) < 4.78 is 35.1. The van der Waals surface area contributed by atoms with E-state index in [1.165, 1.54) is 18.2 Å². The average Bonchev–Trinajstić information content (AvgIpc) is 2.80. The number of hydrogen-bond acceptors (Lipinski definition) is 7. The van der Waals surface area contributed by atoms with Crippen molar-refractivity contribution in [3.8, 4) is 11.8 Å². The van der Waals surface area contributed by atoms with E-state index in [1.54, 1.807) is 6.07 Å². The standard InChI is InChI=1S/C22H23ClN4O5S/c23-17-11-19-18(9-15(17)12-24)26-33(30,31)21-10-14(22(28)29)4-5-20(21)32-8-6-25-13-16-3-1-2-7-27(16)19/h4-5,9-11,16,25-26H,1-3,6-8,13H2,(H,28,29). The molecule has 0 saturated carbocycles. The predicted octanol–water partition coefficient (Wildman–Crippen LogP) is 3.05. The number of ether oxygens (including phenoxy) is 1. The van der Waals surface area contributed by atoms with Gasteiger partial charge in [0.2, 0.25) is 0 Å². The van der Waals surface area contributed by atoms with Crippen LogP contribution in [0.25, 0.3) is 0 Å². The number of nitrogens with zero attached hydrogens (tertiary/aromatic N) is 2. The molecule has 0 spiro atoms. The third-order valence-corrected chi connectivity index (χ3v) is 7.48. The highest BCUT2D eigenvalue weighted by Crippen LogP contribution is 2.38. The Bertz CT molecular complexity index is 1230. The van der Waals surface area contributed by atoms with Crippen molar-refractivity contribution in [2.45, 2.75) is 30.2 Å². The number of nitrogens with one attached hydrogen (secondary N) is 2. The number of carbonyl (C=O) groups is 1. The second-order valence-corrected chi connectivity index (χ2v) is 9.99. The molecule has 0 radical (unpaired) electrons. The van der Waals surface area contributed by atoms with Gasteiger partial charge in [0.15, 0.2) is 0 Å². The first kappa shape index (κ1) is 23.2. The predicted molar refractivity (Wildman–Crippen MR) is 124 cm³/mol. The molecule has 0 bridgehead atoms. The number of rotatable bonds is 1. The molecule has 1 fully saturated rings. The van der Waals surface area contributed by atoms with Gasteiger partial charge < -0.3 is 20.1 Å². The molecule has 0 aromatic heterocycles. The van der Waals surface area contributed by atoms with Crippen molar-refractivity contribution in [1.29, 1.82) is 5.26 Å². The quantitative estimate of drug-likeness (QED) is 0.555. The molecule has 2 aliphatic heterocycles. The van der Waals surface area contributed by atoms with Crippen LogP contribution in [-0.4, -0.2) is 51.8 Å². The highest BCUT2D eigenvalue weighted by Gasteiger charge is 2.29. The zero-order valence-electron chi connectivity index (χ0n) is 17.7. The minimum Gasteiger partial charge on any atom is -0.491 e. The van der Waals surface area contributed by atoms with Crippen LogP contribution in [0, 0.1) is 11.3 Å². The van der Waals surface area contributed by atoms with Crippen LogP contribution >= 0.6 is 11.6 Å². The van der Waals surface area contributed by atoms with Crippen LogP contribution in [0.15, 0.2) is 35.2 Å². The molecule has 3 N–H and O–H groups in total. The van der Waals surface area contributed by atoms with Crippen molar-refractivity contribution in [2.75, 3.05) is 35.9 Å². The summed E-state index contributed by atoms with van der Waals surface area (Å²) >= 11 is 6.32. The van der Waals surface area contributed by atoms with E-state index in [1.807, 2.05) is 6.07 Å². The Morgan fingerprint density at radius 1 is 1.27 bits per heavy atom. The Morgan fingerprint density at radius 3 is 2.85 bits per heavy atom. The average molecular weight is 491 g/mol. The van der Waals surface area contributed by atoms with E-state index in [-0.39, 0.29) is 45.1 Å². The van der Waals surface area contributed by atoms with Gasteiger partial charge >= 0.3 is 5.97 Å². The van der Waals surface area contributed by atoms with Gasteiger partial charge in [-0.15, -0.1) is 0 Å².